The number of hydrogen-bond acceptors (Lipinski definition) is 1. The minimum Gasteiger partial charge on any atom is -0.489 e. The first-order chi connectivity index (χ1) is 8.28. The Hall–Kier alpha value is -2.27. The van der Waals surface area contributed by atoms with E-state index >= 15 is 0 Å². The van der Waals surface area contributed by atoms with Crippen LogP contribution < -0.4 is 4.74 Å². The van der Waals surface area contributed by atoms with E-state index < -0.39 is 0 Å². The van der Waals surface area contributed by atoms with Gasteiger partial charge in [0.1, 0.15) is 18.2 Å². The summed E-state index contributed by atoms with van der Waals surface area (Å²) in [5.74, 6) is 2.96. The van der Waals surface area contributed by atoms with E-state index in [1.807, 2.05) is 24.3 Å². The molecule has 0 amide bonds. The molecule has 0 N–H and O–H groups in total. The Labute approximate surface area is 99.9 Å². The third kappa shape index (κ3) is 3.09. The van der Waals surface area contributed by atoms with E-state index in [1.54, 1.807) is 12.1 Å². The standard InChI is InChI=1S/C15H11FO/c1-2-12-5-4-8-15(10-12)17-11-13-6-3-7-14(16)9-13/h1,3-10H,11H2. The van der Waals surface area contributed by atoms with Crippen molar-refractivity contribution in [3.8, 4) is 18.1 Å². The highest BCUT2D eigenvalue weighted by molar-refractivity contribution is 5.38. The molecule has 0 aliphatic rings. The first-order valence-electron chi connectivity index (χ1n) is 5.22. The van der Waals surface area contributed by atoms with Gasteiger partial charge in [0.25, 0.3) is 0 Å². The summed E-state index contributed by atoms with van der Waals surface area (Å²) in [5, 5.41) is 0. The van der Waals surface area contributed by atoms with Crippen molar-refractivity contribution in [1.82, 2.24) is 0 Å². The lowest BCUT2D eigenvalue weighted by molar-refractivity contribution is 0.305. The van der Waals surface area contributed by atoms with E-state index in [4.69, 9.17) is 11.2 Å². The van der Waals surface area contributed by atoms with E-state index in [0.717, 1.165) is 11.1 Å². The highest BCUT2D eigenvalue weighted by Gasteiger charge is 1.98. The predicted molar refractivity (Wildman–Crippen MR) is 65.1 cm³/mol. The van der Waals surface area contributed by atoms with Crippen LogP contribution in [0.5, 0.6) is 5.75 Å². The molecular weight excluding hydrogens is 215 g/mol. The van der Waals surface area contributed by atoms with Crippen molar-refractivity contribution in [2.75, 3.05) is 0 Å². The molecule has 0 spiro atoms. The summed E-state index contributed by atoms with van der Waals surface area (Å²) in [5.41, 5.74) is 1.55. The zero-order valence-corrected chi connectivity index (χ0v) is 9.19. The van der Waals surface area contributed by atoms with Crippen LogP contribution >= 0.6 is 0 Å². The quantitative estimate of drug-likeness (QED) is 0.729. The molecule has 0 heterocycles. The first-order valence-corrected chi connectivity index (χ1v) is 5.22. The summed E-state index contributed by atoms with van der Waals surface area (Å²) in [6.45, 7) is 0.325. The van der Waals surface area contributed by atoms with Gasteiger partial charge in [0.2, 0.25) is 0 Å². The van der Waals surface area contributed by atoms with Crippen molar-refractivity contribution in [3.05, 3.63) is 65.5 Å². The van der Waals surface area contributed by atoms with Crippen LogP contribution in [-0.2, 0) is 6.61 Å². The molecular formula is C15H11FO. The average molecular weight is 226 g/mol. The summed E-state index contributed by atoms with van der Waals surface area (Å²) < 4.78 is 18.5. The monoisotopic (exact) mass is 226 g/mol. The van der Waals surface area contributed by atoms with Crippen molar-refractivity contribution in [3.63, 3.8) is 0 Å². The van der Waals surface area contributed by atoms with Gasteiger partial charge in [-0.15, -0.1) is 6.42 Å². The van der Waals surface area contributed by atoms with Crippen molar-refractivity contribution in [2.45, 2.75) is 6.61 Å². The lowest BCUT2D eigenvalue weighted by Gasteiger charge is -2.06. The molecule has 84 valence electrons. The minimum absolute atomic E-state index is 0.261. The van der Waals surface area contributed by atoms with Crippen LogP contribution in [0.4, 0.5) is 4.39 Å². The SMILES string of the molecule is C#Cc1cccc(OCc2cccc(F)c2)c1. The van der Waals surface area contributed by atoms with Gasteiger partial charge >= 0.3 is 0 Å². The highest BCUT2D eigenvalue weighted by Crippen LogP contribution is 2.14. The van der Waals surface area contributed by atoms with Crippen LogP contribution in [0.15, 0.2) is 48.5 Å². The first kappa shape index (κ1) is 11.2. The van der Waals surface area contributed by atoms with Crippen LogP contribution in [0.1, 0.15) is 11.1 Å². The van der Waals surface area contributed by atoms with Crippen LogP contribution in [0.2, 0.25) is 0 Å². The van der Waals surface area contributed by atoms with Crippen molar-refractivity contribution < 1.29 is 9.13 Å². The molecule has 0 aromatic heterocycles. The summed E-state index contributed by atoms with van der Waals surface area (Å²) in [6.07, 6.45) is 5.29. The molecule has 0 aliphatic heterocycles. The average Bonchev–Trinajstić information content (AvgIpc) is 2.37. The summed E-state index contributed by atoms with van der Waals surface area (Å²) >= 11 is 0. The molecule has 0 saturated heterocycles. The number of halogens is 1. The van der Waals surface area contributed by atoms with Gasteiger partial charge in [-0.25, -0.2) is 4.39 Å². The maximum Gasteiger partial charge on any atom is 0.123 e. The van der Waals surface area contributed by atoms with Crippen LogP contribution in [0, 0.1) is 18.2 Å². The Morgan fingerprint density at radius 3 is 2.71 bits per heavy atom. The molecule has 0 fully saturated rings. The number of benzene rings is 2. The number of ether oxygens (including phenoxy) is 1. The maximum absolute atomic E-state index is 12.9. The molecule has 2 aromatic carbocycles. The molecule has 0 radical (unpaired) electrons. The summed E-state index contributed by atoms with van der Waals surface area (Å²) in [4.78, 5) is 0. The molecule has 1 nitrogen and oxygen atoms in total. The molecule has 2 aromatic rings. The van der Waals surface area contributed by atoms with E-state index in [1.165, 1.54) is 12.1 Å². The van der Waals surface area contributed by atoms with Gasteiger partial charge in [-0.2, -0.15) is 0 Å². The number of terminal acetylenes is 1. The van der Waals surface area contributed by atoms with E-state index in [9.17, 15) is 4.39 Å². The topological polar surface area (TPSA) is 9.23 Å². The predicted octanol–water partition coefficient (Wildman–Crippen LogP) is 3.39. The van der Waals surface area contributed by atoms with Crippen LogP contribution in [0.25, 0.3) is 0 Å². The maximum atomic E-state index is 12.9. The smallest absolute Gasteiger partial charge is 0.123 e. The fraction of sp³-hybridized carbons (Fsp3) is 0.0667. The fourth-order valence-corrected chi connectivity index (χ4v) is 1.47. The molecule has 17 heavy (non-hydrogen) atoms. The number of rotatable bonds is 3. The van der Waals surface area contributed by atoms with E-state index in [-0.39, 0.29) is 5.82 Å². The molecule has 0 aliphatic carbocycles. The largest absolute Gasteiger partial charge is 0.489 e. The minimum atomic E-state index is -0.261. The van der Waals surface area contributed by atoms with Crippen LogP contribution in [0.3, 0.4) is 0 Å². The normalized spacial score (nSPS) is 9.65. The Bertz CT molecular complexity index is 555. The zero-order chi connectivity index (χ0) is 12.1. The van der Waals surface area contributed by atoms with E-state index in [2.05, 4.69) is 5.92 Å². The van der Waals surface area contributed by atoms with Crippen molar-refractivity contribution in [2.24, 2.45) is 0 Å². The highest BCUT2D eigenvalue weighted by atomic mass is 19.1. The molecule has 0 atom stereocenters. The Morgan fingerprint density at radius 1 is 1.12 bits per heavy atom. The third-order valence-electron chi connectivity index (χ3n) is 2.30. The Morgan fingerprint density at radius 2 is 1.94 bits per heavy atom. The van der Waals surface area contributed by atoms with E-state index in [0.29, 0.717) is 12.4 Å². The lowest BCUT2D eigenvalue weighted by atomic mass is 10.2. The van der Waals surface area contributed by atoms with Crippen molar-refractivity contribution in [1.29, 1.82) is 0 Å². The Balaban J connectivity index is 2.05. The van der Waals surface area contributed by atoms with Gasteiger partial charge in [-0.05, 0) is 35.9 Å². The summed E-state index contributed by atoms with van der Waals surface area (Å²) in [6, 6.07) is 13.6. The Kier molecular flexibility index (Phi) is 3.42. The van der Waals surface area contributed by atoms with Gasteiger partial charge in [0, 0.05) is 5.56 Å². The second-order valence-electron chi connectivity index (χ2n) is 3.59. The third-order valence-corrected chi connectivity index (χ3v) is 2.30. The lowest BCUT2D eigenvalue weighted by Crippen LogP contribution is -1.95. The second kappa shape index (κ2) is 5.18. The van der Waals surface area contributed by atoms with Gasteiger partial charge in [-0.1, -0.05) is 24.1 Å². The molecule has 0 saturated carbocycles. The second-order valence-corrected chi connectivity index (χ2v) is 3.59. The molecule has 0 unspecified atom stereocenters. The molecule has 2 heteroatoms. The zero-order valence-electron chi connectivity index (χ0n) is 9.19. The fourth-order valence-electron chi connectivity index (χ4n) is 1.47. The van der Waals surface area contributed by atoms with Crippen LogP contribution in [-0.4, -0.2) is 0 Å². The van der Waals surface area contributed by atoms with Gasteiger partial charge in [-0.3, -0.25) is 0 Å². The van der Waals surface area contributed by atoms with Crippen molar-refractivity contribution >= 4 is 0 Å². The van der Waals surface area contributed by atoms with Gasteiger partial charge in [0.15, 0.2) is 0 Å². The van der Waals surface area contributed by atoms with Gasteiger partial charge in [0.05, 0.1) is 0 Å². The molecule has 2 rings (SSSR count). The summed E-state index contributed by atoms with van der Waals surface area (Å²) in [7, 11) is 0. The number of hydrogen-bond donors (Lipinski definition) is 0. The van der Waals surface area contributed by atoms with Gasteiger partial charge < -0.3 is 4.74 Å². The molecule has 0 bridgehead atoms.